The van der Waals surface area contributed by atoms with Crippen LogP contribution in [0.2, 0.25) is 0 Å². The third kappa shape index (κ3) is 1.62. The van der Waals surface area contributed by atoms with Crippen molar-refractivity contribution in [2.24, 2.45) is 0 Å². The standard InChI is InChI=1S/C7H13NO2/c1-5(2)10-7(9)8-4-6(8)3/h5-6H,4H2,1-3H3/t6-,8?/m0/s1. The van der Waals surface area contributed by atoms with Crippen molar-refractivity contribution in [3.05, 3.63) is 0 Å². The van der Waals surface area contributed by atoms with Crippen LogP contribution in [0.3, 0.4) is 0 Å². The fourth-order valence-electron chi connectivity index (χ4n) is 0.761. The number of carbonyl (C=O) groups is 1. The Morgan fingerprint density at radius 3 is 2.50 bits per heavy atom. The van der Waals surface area contributed by atoms with Crippen LogP contribution in [0.1, 0.15) is 20.8 Å². The maximum absolute atomic E-state index is 10.9. The lowest BCUT2D eigenvalue weighted by atomic mass is 10.5. The highest BCUT2D eigenvalue weighted by molar-refractivity contribution is 5.70. The normalized spacial score (nSPS) is 23.2. The summed E-state index contributed by atoms with van der Waals surface area (Å²) in [5.74, 6) is 0. The minimum atomic E-state index is -0.178. The summed E-state index contributed by atoms with van der Waals surface area (Å²) in [6, 6.07) is 0.395. The van der Waals surface area contributed by atoms with Crippen molar-refractivity contribution in [3.63, 3.8) is 0 Å². The molecule has 0 saturated carbocycles. The molecule has 0 bridgehead atoms. The molecule has 58 valence electrons. The molecule has 0 radical (unpaired) electrons. The van der Waals surface area contributed by atoms with Gasteiger partial charge in [0.05, 0.1) is 12.1 Å². The molecule has 0 aliphatic carbocycles. The minimum Gasteiger partial charge on any atom is -0.447 e. The van der Waals surface area contributed by atoms with Crippen LogP contribution >= 0.6 is 0 Å². The Morgan fingerprint density at radius 1 is 1.70 bits per heavy atom. The highest BCUT2D eigenvalue weighted by Gasteiger charge is 2.35. The molecule has 0 spiro atoms. The Bertz CT molecular complexity index is 145. The number of rotatable bonds is 1. The lowest BCUT2D eigenvalue weighted by Crippen LogP contribution is -2.18. The highest BCUT2D eigenvalue weighted by atomic mass is 16.6. The Kier molecular flexibility index (Phi) is 1.83. The first kappa shape index (κ1) is 7.38. The van der Waals surface area contributed by atoms with Gasteiger partial charge >= 0.3 is 6.09 Å². The molecule has 3 heteroatoms. The zero-order chi connectivity index (χ0) is 7.72. The molecule has 1 fully saturated rings. The molecule has 10 heavy (non-hydrogen) atoms. The van der Waals surface area contributed by atoms with Crippen LogP contribution in [0, 0.1) is 0 Å². The molecular formula is C7H13NO2. The first-order chi connectivity index (χ1) is 4.61. The van der Waals surface area contributed by atoms with E-state index >= 15 is 0 Å². The second kappa shape index (κ2) is 2.48. The van der Waals surface area contributed by atoms with Crippen LogP contribution in [0.15, 0.2) is 0 Å². The van der Waals surface area contributed by atoms with Gasteiger partial charge in [0, 0.05) is 6.54 Å². The van der Waals surface area contributed by atoms with Crippen molar-refractivity contribution in [2.75, 3.05) is 6.54 Å². The van der Waals surface area contributed by atoms with Crippen LogP contribution in [0.5, 0.6) is 0 Å². The molecule has 1 saturated heterocycles. The molecule has 0 unspecified atom stereocenters. The van der Waals surface area contributed by atoms with E-state index in [-0.39, 0.29) is 12.2 Å². The average Bonchev–Trinajstić information content (AvgIpc) is 2.44. The Hall–Kier alpha value is -0.730. The zero-order valence-corrected chi connectivity index (χ0v) is 6.63. The van der Waals surface area contributed by atoms with Gasteiger partial charge in [-0.15, -0.1) is 0 Å². The second-order valence-corrected chi connectivity index (χ2v) is 2.93. The third-order valence-electron chi connectivity index (χ3n) is 1.43. The van der Waals surface area contributed by atoms with Crippen LogP contribution in [-0.2, 0) is 4.74 Å². The summed E-state index contributed by atoms with van der Waals surface area (Å²) in [7, 11) is 0. The Morgan fingerprint density at radius 2 is 2.20 bits per heavy atom. The number of hydrogen-bond donors (Lipinski definition) is 0. The van der Waals surface area contributed by atoms with E-state index in [0.717, 1.165) is 6.54 Å². The van der Waals surface area contributed by atoms with Gasteiger partial charge in [-0.2, -0.15) is 0 Å². The average molecular weight is 143 g/mol. The number of carbonyl (C=O) groups excluding carboxylic acids is 1. The summed E-state index contributed by atoms with van der Waals surface area (Å²) >= 11 is 0. The molecular weight excluding hydrogens is 130 g/mol. The largest absolute Gasteiger partial charge is 0.447 e. The molecule has 3 nitrogen and oxygen atoms in total. The monoisotopic (exact) mass is 143 g/mol. The Balaban J connectivity index is 2.23. The lowest BCUT2D eigenvalue weighted by molar-refractivity contribution is 0.0999. The van der Waals surface area contributed by atoms with Gasteiger partial charge in [-0.05, 0) is 20.8 Å². The number of amides is 1. The van der Waals surface area contributed by atoms with Gasteiger partial charge in [0.2, 0.25) is 0 Å². The predicted octanol–water partition coefficient (Wildman–Crippen LogP) is 1.24. The van der Waals surface area contributed by atoms with Gasteiger partial charge in [0.15, 0.2) is 0 Å². The number of nitrogens with zero attached hydrogens (tertiary/aromatic N) is 1. The quantitative estimate of drug-likeness (QED) is 0.517. The van der Waals surface area contributed by atoms with Crippen molar-refractivity contribution in [3.8, 4) is 0 Å². The summed E-state index contributed by atoms with van der Waals surface area (Å²) in [4.78, 5) is 12.6. The zero-order valence-electron chi connectivity index (χ0n) is 6.63. The first-order valence-electron chi connectivity index (χ1n) is 3.58. The molecule has 0 N–H and O–H groups in total. The SMILES string of the molecule is CC(C)OC(=O)N1C[C@@H]1C. The summed E-state index contributed by atoms with van der Waals surface area (Å²) in [5.41, 5.74) is 0. The van der Waals surface area contributed by atoms with E-state index in [1.807, 2.05) is 20.8 Å². The van der Waals surface area contributed by atoms with E-state index < -0.39 is 0 Å². The second-order valence-electron chi connectivity index (χ2n) is 2.93. The molecule has 1 amide bonds. The van der Waals surface area contributed by atoms with Gasteiger partial charge in [-0.3, -0.25) is 0 Å². The van der Waals surface area contributed by atoms with E-state index in [1.54, 1.807) is 4.90 Å². The van der Waals surface area contributed by atoms with Crippen molar-refractivity contribution in [2.45, 2.75) is 32.9 Å². The van der Waals surface area contributed by atoms with Crippen molar-refractivity contribution in [1.29, 1.82) is 0 Å². The predicted molar refractivity (Wildman–Crippen MR) is 37.8 cm³/mol. The van der Waals surface area contributed by atoms with E-state index in [9.17, 15) is 4.79 Å². The summed E-state index contributed by atoms with van der Waals surface area (Å²) in [5, 5.41) is 0. The van der Waals surface area contributed by atoms with Gasteiger partial charge in [-0.1, -0.05) is 0 Å². The minimum absolute atomic E-state index is 0.000278. The van der Waals surface area contributed by atoms with E-state index in [0.29, 0.717) is 6.04 Å². The van der Waals surface area contributed by atoms with Crippen LogP contribution in [-0.4, -0.2) is 29.7 Å². The topological polar surface area (TPSA) is 29.3 Å². The number of hydrogen-bond acceptors (Lipinski definition) is 2. The van der Waals surface area contributed by atoms with Gasteiger partial charge in [-0.25, -0.2) is 4.79 Å². The Labute approximate surface area is 61.0 Å². The maximum Gasteiger partial charge on any atom is 0.410 e. The molecule has 1 aliphatic heterocycles. The highest BCUT2D eigenvalue weighted by Crippen LogP contribution is 2.17. The van der Waals surface area contributed by atoms with E-state index in [4.69, 9.17) is 4.74 Å². The molecule has 1 aliphatic rings. The van der Waals surface area contributed by atoms with Gasteiger partial charge in [0.1, 0.15) is 0 Å². The lowest BCUT2D eigenvalue weighted by Gasteiger charge is -2.07. The van der Waals surface area contributed by atoms with Crippen LogP contribution in [0.25, 0.3) is 0 Å². The van der Waals surface area contributed by atoms with E-state index in [2.05, 4.69) is 0 Å². The van der Waals surface area contributed by atoms with Crippen LogP contribution < -0.4 is 0 Å². The first-order valence-corrected chi connectivity index (χ1v) is 3.58. The summed E-state index contributed by atoms with van der Waals surface area (Å²) in [6.07, 6.45) is -0.178. The van der Waals surface area contributed by atoms with E-state index in [1.165, 1.54) is 0 Å². The molecule has 0 aromatic rings. The molecule has 1 heterocycles. The van der Waals surface area contributed by atoms with Crippen LogP contribution in [0.4, 0.5) is 4.79 Å². The summed E-state index contributed by atoms with van der Waals surface area (Å²) in [6.45, 7) is 6.56. The molecule has 0 aromatic carbocycles. The fraction of sp³-hybridized carbons (Fsp3) is 0.857. The molecule has 1 atom stereocenters. The fourth-order valence-corrected chi connectivity index (χ4v) is 0.761. The van der Waals surface area contributed by atoms with Crippen molar-refractivity contribution in [1.82, 2.24) is 4.90 Å². The van der Waals surface area contributed by atoms with Gasteiger partial charge in [0.25, 0.3) is 0 Å². The van der Waals surface area contributed by atoms with Gasteiger partial charge < -0.3 is 9.64 Å². The van der Waals surface area contributed by atoms with Crippen molar-refractivity contribution < 1.29 is 9.53 Å². The maximum atomic E-state index is 10.9. The number of ether oxygens (including phenoxy) is 1. The molecule has 0 aromatic heterocycles. The molecule has 1 rings (SSSR count). The van der Waals surface area contributed by atoms with Crippen molar-refractivity contribution >= 4 is 6.09 Å². The summed E-state index contributed by atoms with van der Waals surface area (Å²) < 4.78 is 4.93. The third-order valence-corrected chi connectivity index (χ3v) is 1.43. The smallest absolute Gasteiger partial charge is 0.410 e.